The SMILES string of the molecule is C[C@@H]1Cc2cc(S(=O)(=O)N3CCC(C(=O)NC4CC4)CC3)ccc2N1C(=O)C1CC1. The van der Waals surface area contributed by atoms with Crippen LogP contribution in [0.2, 0.25) is 0 Å². The second-order valence-electron chi connectivity index (χ2n) is 9.29. The smallest absolute Gasteiger partial charge is 0.243 e. The van der Waals surface area contributed by atoms with Crippen LogP contribution in [0.1, 0.15) is 51.0 Å². The molecule has 2 aliphatic heterocycles. The van der Waals surface area contributed by atoms with Gasteiger partial charge in [-0.25, -0.2) is 8.42 Å². The fourth-order valence-corrected chi connectivity index (χ4v) is 6.21. The zero-order chi connectivity index (χ0) is 21.0. The van der Waals surface area contributed by atoms with Gasteiger partial charge in [0.2, 0.25) is 21.8 Å². The molecule has 7 nitrogen and oxygen atoms in total. The zero-order valence-electron chi connectivity index (χ0n) is 17.3. The molecule has 2 amide bonds. The summed E-state index contributed by atoms with van der Waals surface area (Å²) in [6, 6.07) is 5.56. The first-order valence-electron chi connectivity index (χ1n) is 11.1. The number of anilines is 1. The highest BCUT2D eigenvalue weighted by Gasteiger charge is 2.40. The Hall–Kier alpha value is -1.93. The summed E-state index contributed by atoms with van der Waals surface area (Å²) in [5.74, 6) is 0.282. The Bertz CT molecular complexity index is 976. The molecule has 1 aromatic carbocycles. The largest absolute Gasteiger partial charge is 0.353 e. The summed E-state index contributed by atoms with van der Waals surface area (Å²) in [7, 11) is -3.60. The van der Waals surface area contributed by atoms with Gasteiger partial charge in [0.05, 0.1) is 4.90 Å². The van der Waals surface area contributed by atoms with E-state index in [0.29, 0.717) is 38.4 Å². The minimum absolute atomic E-state index is 0.0618. The molecule has 4 aliphatic rings. The highest BCUT2D eigenvalue weighted by atomic mass is 32.2. The number of hydrogen-bond donors (Lipinski definition) is 1. The van der Waals surface area contributed by atoms with E-state index in [9.17, 15) is 18.0 Å². The molecule has 1 aromatic rings. The van der Waals surface area contributed by atoms with Crippen LogP contribution in [0.15, 0.2) is 23.1 Å². The predicted octanol–water partition coefficient (Wildman–Crippen LogP) is 2.05. The number of nitrogens with zero attached hydrogens (tertiary/aromatic N) is 2. The van der Waals surface area contributed by atoms with Crippen LogP contribution in [0.3, 0.4) is 0 Å². The zero-order valence-corrected chi connectivity index (χ0v) is 18.2. The van der Waals surface area contributed by atoms with Crippen LogP contribution < -0.4 is 10.2 Å². The number of sulfonamides is 1. The van der Waals surface area contributed by atoms with Crippen molar-refractivity contribution in [1.29, 1.82) is 0 Å². The van der Waals surface area contributed by atoms with E-state index in [0.717, 1.165) is 36.9 Å². The van der Waals surface area contributed by atoms with Crippen LogP contribution >= 0.6 is 0 Å². The van der Waals surface area contributed by atoms with Crippen molar-refractivity contribution in [2.45, 2.75) is 68.8 Å². The fourth-order valence-electron chi connectivity index (χ4n) is 4.68. The molecular formula is C22H29N3O4S. The highest BCUT2D eigenvalue weighted by Crippen LogP contribution is 2.40. The molecule has 3 fully saturated rings. The monoisotopic (exact) mass is 431 g/mol. The first-order valence-corrected chi connectivity index (χ1v) is 12.5. The van der Waals surface area contributed by atoms with Gasteiger partial charge in [0.25, 0.3) is 0 Å². The van der Waals surface area contributed by atoms with Gasteiger partial charge >= 0.3 is 0 Å². The Morgan fingerprint density at radius 2 is 1.70 bits per heavy atom. The van der Waals surface area contributed by atoms with Gasteiger partial charge < -0.3 is 10.2 Å². The Labute approximate surface area is 177 Å². The minimum atomic E-state index is -3.60. The summed E-state index contributed by atoms with van der Waals surface area (Å²) >= 11 is 0. The Morgan fingerprint density at radius 3 is 2.33 bits per heavy atom. The van der Waals surface area contributed by atoms with E-state index in [2.05, 4.69) is 5.32 Å². The lowest BCUT2D eigenvalue weighted by Gasteiger charge is -2.30. The molecule has 0 unspecified atom stereocenters. The third-order valence-electron chi connectivity index (χ3n) is 6.82. The number of rotatable bonds is 5. The number of amides is 2. The Morgan fingerprint density at radius 1 is 1.00 bits per heavy atom. The van der Waals surface area contributed by atoms with E-state index < -0.39 is 10.0 Å². The lowest BCUT2D eigenvalue weighted by molar-refractivity contribution is -0.126. The number of fused-ring (bicyclic) bond motifs is 1. The molecule has 1 atom stereocenters. The number of nitrogens with one attached hydrogen (secondary N) is 1. The van der Waals surface area contributed by atoms with Gasteiger partial charge in [-0.15, -0.1) is 0 Å². The normalized spacial score (nSPS) is 25.2. The van der Waals surface area contributed by atoms with E-state index in [1.165, 1.54) is 4.31 Å². The molecule has 0 bridgehead atoms. The van der Waals surface area contributed by atoms with Gasteiger partial charge in [-0.3, -0.25) is 9.59 Å². The Balaban J connectivity index is 1.29. The average molecular weight is 432 g/mol. The number of carbonyl (C=O) groups excluding carboxylic acids is 2. The molecule has 2 aliphatic carbocycles. The predicted molar refractivity (Wildman–Crippen MR) is 112 cm³/mol. The summed E-state index contributed by atoms with van der Waals surface area (Å²) in [5.41, 5.74) is 1.78. The molecule has 8 heteroatoms. The van der Waals surface area contributed by atoms with Crippen LogP contribution in [0, 0.1) is 11.8 Å². The molecule has 2 heterocycles. The van der Waals surface area contributed by atoms with Gasteiger partial charge in [-0.1, -0.05) is 0 Å². The highest BCUT2D eigenvalue weighted by molar-refractivity contribution is 7.89. The van der Waals surface area contributed by atoms with Gasteiger partial charge in [0.15, 0.2) is 0 Å². The molecule has 0 spiro atoms. The third-order valence-corrected chi connectivity index (χ3v) is 8.71. The third kappa shape index (κ3) is 3.64. The summed E-state index contributed by atoms with van der Waals surface area (Å²) in [6.07, 6.45) is 5.82. The molecule has 30 heavy (non-hydrogen) atoms. The number of benzene rings is 1. The maximum absolute atomic E-state index is 13.2. The van der Waals surface area contributed by atoms with Crippen molar-refractivity contribution in [2.75, 3.05) is 18.0 Å². The Kier molecular flexibility index (Phi) is 4.89. The van der Waals surface area contributed by atoms with Crippen molar-refractivity contribution in [3.05, 3.63) is 23.8 Å². The lowest BCUT2D eigenvalue weighted by atomic mass is 9.97. The first-order chi connectivity index (χ1) is 14.3. The van der Waals surface area contributed by atoms with Crippen molar-refractivity contribution in [2.24, 2.45) is 11.8 Å². The molecule has 0 radical (unpaired) electrons. The van der Waals surface area contributed by atoms with E-state index in [1.807, 2.05) is 11.8 Å². The molecule has 1 saturated heterocycles. The van der Waals surface area contributed by atoms with E-state index >= 15 is 0 Å². The maximum Gasteiger partial charge on any atom is 0.243 e. The molecule has 1 N–H and O–H groups in total. The summed E-state index contributed by atoms with van der Waals surface area (Å²) in [6.45, 7) is 2.75. The second kappa shape index (κ2) is 7.34. The first kappa shape index (κ1) is 20.0. The number of hydrogen-bond acceptors (Lipinski definition) is 4. The van der Waals surface area contributed by atoms with Crippen LogP contribution in [0.25, 0.3) is 0 Å². The fraction of sp³-hybridized carbons (Fsp3) is 0.636. The van der Waals surface area contributed by atoms with Crippen LogP contribution in [-0.4, -0.2) is 49.7 Å². The summed E-state index contributed by atoms with van der Waals surface area (Å²) < 4.78 is 27.9. The second-order valence-corrected chi connectivity index (χ2v) is 11.2. The van der Waals surface area contributed by atoms with Gasteiger partial charge in [0, 0.05) is 42.7 Å². The molecule has 2 saturated carbocycles. The van der Waals surface area contributed by atoms with E-state index in [-0.39, 0.29) is 34.6 Å². The van der Waals surface area contributed by atoms with Crippen LogP contribution in [0.5, 0.6) is 0 Å². The molecule has 0 aromatic heterocycles. The number of carbonyl (C=O) groups is 2. The van der Waals surface area contributed by atoms with Crippen molar-refractivity contribution in [1.82, 2.24) is 9.62 Å². The van der Waals surface area contributed by atoms with Gasteiger partial charge in [-0.2, -0.15) is 4.31 Å². The van der Waals surface area contributed by atoms with Crippen LogP contribution in [-0.2, 0) is 26.0 Å². The molecule has 5 rings (SSSR count). The molecule has 162 valence electrons. The molecular weight excluding hydrogens is 402 g/mol. The van der Waals surface area contributed by atoms with Crippen molar-refractivity contribution < 1.29 is 18.0 Å². The topological polar surface area (TPSA) is 86.8 Å². The van der Waals surface area contributed by atoms with Crippen molar-refractivity contribution in [3.8, 4) is 0 Å². The van der Waals surface area contributed by atoms with Crippen molar-refractivity contribution >= 4 is 27.5 Å². The van der Waals surface area contributed by atoms with Gasteiger partial charge in [0.1, 0.15) is 0 Å². The number of piperidine rings is 1. The van der Waals surface area contributed by atoms with E-state index in [4.69, 9.17) is 0 Å². The minimum Gasteiger partial charge on any atom is -0.353 e. The van der Waals surface area contributed by atoms with Crippen LogP contribution in [0.4, 0.5) is 5.69 Å². The van der Waals surface area contributed by atoms with Gasteiger partial charge in [-0.05, 0) is 75.6 Å². The maximum atomic E-state index is 13.2. The van der Waals surface area contributed by atoms with Crippen molar-refractivity contribution in [3.63, 3.8) is 0 Å². The summed E-state index contributed by atoms with van der Waals surface area (Å²) in [5, 5.41) is 3.03. The lowest BCUT2D eigenvalue weighted by Crippen LogP contribution is -2.43. The quantitative estimate of drug-likeness (QED) is 0.773. The standard InChI is InChI=1S/C22H29N3O4S/c1-14-12-17-13-19(6-7-20(17)25(14)22(27)16-2-3-16)30(28,29)24-10-8-15(9-11-24)21(26)23-18-4-5-18/h6-7,13-16,18H,2-5,8-12H2,1H3,(H,23,26)/t14-/m1/s1. The average Bonchev–Trinajstić information content (AvgIpc) is 3.64. The summed E-state index contributed by atoms with van der Waals surface area (Å²) in [4.78, 5) is 27.0. The van der Waals surface area contributed by atoms with E-state index in [1.54, 1.807) is 18.2 Å².